The van der Waals surface area contributed by atoms with Crippen molar-refractivity contribution >= 4 is 17.7 Å². The zero-order chi connectivity index (χ0) is 21.2. The first-order valence-electron chi connectivity index (χ1n) is 8.52. The molecule has 152 valence electrons. The van der Waals surface area contributed by atoms with E-state index in [4.69, 9.17) is 15.9 Å². The van der Waals surface area contributed by atoms with Gasteiger partial charge in [0.1, 0.15) is 5.82 Å². The summed E-state index contributed by atoms with van der Waals surface area (Å²) in [7, 11) is 2.00. The van der Waals surface area contributed by atoms with E-state index in [-0.39, 0.29) is 11.8 Å². The number of aromatic nitrogens is 5. The quantitative estimate of drug-likeness (QED) is 0.408. The molecule has 0 aliphatic rings. The van der Waals surface area contributed by atoms with Gasteiger partial charge in [0.15, 0.2) is 5.82 Å². The van der Waals surface area contributed by atoms with E-state index in [0.717, 1.165) is 25.3 Å². The van der Waals surface area contributed by atoms with Crippen LogP contribution in [0.2, 0.25) is 0 Å². The summed E-state index contributed by atoms with van der Waals surface area (Å²) in [5.74, 6) is 1.13. The van der Waals surface area contributed by atoms with E-state index in [1.165, 1.54) is 16.6 Å². The fourth-order valence-electron chi connectivity index (χ4n) is 2.41. The molecule has 4 rings (SSSR count). The predicted molar refractivity (Wildman–Crippen MR) is 108 cm³/mol. The molecule has 0 spiro atoms. The Morgan fingerprint density at radius 3 is 2.24 bits per heavy atom. The lowest BCUT2D eigenvalue weighted by atomic mass is 10.2. The van der Waals surface area contributed by atoms with Crippen LogP contribution in [-0.2, 0) is 6.54 Å². The first-order valence-corrected chi connectivity index (χ1v) is 8.52. The molecule has 0 aliphatic heterocycles. The van der Waals surface area contributed by atoms with Crippen molar-refractivity contribution in [1.29, 1.82) is 0 Å². The third kappa shape index (κ3) is 5.43. The second kappa shape index (κ2) is 10.6. The molecular formula is C19H22FN7O2. The topological polar surface area (TPSA) is 134 Å². The molecule has 2 aromatic heterocycles. The van der Waals surface area contributed by atoms with Crippen LogP contribution in [0.4, 0.5) is 16.3 Å². The number of aliphatic hydroxyl groups is 2. The van der Waals surface area contributed by atoms with Gasteiger partial charge in [-0.15, -0.1) is 5.10 Å². The minimum Gasteiger partial charge on any atom is -0.400 e. The normalized spacial score (nSPS) is 9.83. The van der Waals surface area contributed by atoms with Crippen molar-refractivity contribution < 1.29 is 14.6 Å². The summed E-state index contributed by atoms with van der Waals surface area (Å²) in [6.07, 6.45) is 0. The lowest BCUT2D eigenvalue weighted by Crippen LogP contribution is -2.10. The second-order valence-electron chi connectivity index (χ2n) is 5.40. The van der Waals surface area contributed by atoms with Crippen molar-refractivity contribution in [2.24, 2.45) is 0 Å². The summed E-state index contributed by atoms with van der Waals surface area (Å²) in [6, 6.07) is 15.8. The van der Waals surface area contributed by atoms with Crippen molar-refractivity contribution in [2.75, 3.05) is 25.3 Å². The SMILES string of the molecule is CO.CO.Nc1nc(NCc2ccc(F)cc2)n2nc(-c3ccccc3)nc2n1. The summed E-state index contributed by atoms with van der Waals surface area (Å²) in [5, 5.41) is 21.6. The first kappa shape index (κ1) is 21.7. The minimum absolute atomic E-state index is 0.0983. The second-order valence-corrected chi connectivity index (χ2v) is 5.40. The van der Waals surface area contributed by atoms with Gasteiger partial charge in [-0.05, 0) is 17.7 Å². The van der Waals surface area contributed by atoms with Crippen LogP contribution in [0.3, 0.4) is 0 Å². The molecule has 0 amide bonds. The molecule has 5 N–H and O–H groups in total. The van der Waals surface area contributed by atoms with Gasteiger partial charge in [-0.3, -0.25) is 0 Å². The van der Waals surface area contributed by atoms with Gasteiger partial charge in [-0.2, -0.15) is 19.5 Å². The van der Waals surface area contributed by atoms with Gasteiger partial charge in [-0.1, -0.05) is 42.5 Å². The van der Waals surface area contributed by atoms with Crippen LogP contribution >= 0.6 is 0 Å². The van der Waals surface area contributed by atoms with Gasteiger partial charge in [0.25, 0.3) is 5.78 Å². The molecule has 10 heteroatoms. The molecule has 29 heavy (non-hydrogen) atoms. The molecular weight excluding hydrogens is 377 g/mol. The van der Waals surface area contributed by atoms with Gasteiger partial charge in [0, 0.05) is 26.3 Å². The maximum Gasteiger partial charge on any atom is 0.259 e. The fourth-order valence-corrected chi connectivity index (χ4v) is 2.41. The molecule has 0 saturated heterocycles. The summed E-state index contributed by atoms with van der Waals surface area (Å²) in [4.78, 5) is 12.7. The van der Waals surface area contributed by atoms with Crippen molar-refractivity contribution in [1.82, 2.24) is 24.6 Å². The number of nitrogen functional groups attached to an aromatic ring is 1. The van der Waals surface area contributed by atoms with Crippen molar-refractivity contribution in [2.45, 2.75) is 6.54 Å². The Bertz CT molecular complexity index is 1020. The summed E-state index contributed by atoms with van der Waals surface area (Å²) in [5.41, 5.74) is 7.54. The third-order valence-electron chi connectivity index (χ3n) is 3.62. The smallest absolute Gasteiger partial charge is 0.259 e. The standard InChI is InChI=1S/C17H14FN7.2CH4O/c18-13-8-6-11(7-9-13)10-20-16-22-15(19)23-17-21-14(24-25(16)17)12-4-2-1-3-5-12;2*1-2/h1-9H,10H2,(H3,19,20,21,22,23,24);2*2H,1H3. The molecule has 0 fully saturated rings. The van der Waals surface area contributed by atoms with E-state index in [9.17, 15) is 4.39 Å². The molecule has 2 aromatic carbocycles. The summed E-state index contributed by atoms with van der Waals surface area (Å²) in [6.45, 7) is 0.437. The molecule has 0 aliphatic carbocycles. The molecule has 0 atom stereocenters. The zero-order valence-electron chi connectivity index (χ0n) is 16.0. The number of rotatable bonds is 4. The highest BCUT2D eigenvalue weighted by Crippen LogP contribution is 2.17. The number of hydrogen-bond acceptors (Lipinski definition) is 8. The molecule has 9 nitrogen and oxygen atoms in total. The number of fused-ring (bicyclic) bond motifs is 1. The average molecular weight is 399 g/mol. The zero-order valence-corrected chi connectivity index (χ0v) is 16.0. The molecule has 0 saturated carbocycles. The number of hydrogen-bond donors (Lipinski definition) is 4. The predicted octanol–water partition coefficient (Wildman–Crippen LogP) is 1.74. The number of nitrogens with zero attached hydrogens (tertiary/aromatic N) is 5. The van der Waals surface area contributed by atoms with Crippen LogP contribution in [0.1, 0.15) is 5.56 Å². The van der Waals surface area contributed by atoms with E-state index >= 15 is 0 Å². The van der Waals surface area contributed by atoms with Crippen LogP contribution in [0.15, 0.2) is 54.6 Å². The van der Waals surface area contributed by atoms with Crippen molar-refractivity contribution in [3.05, 3.63) is 66.0 Å². The highest BCUT2D eigenvalue weighted by atomic mass is 19.1. The van der Waals surface area contributed by atoms with Gasteiger partial charge in [0.2, 0.25) is 11.9 Å². The number of nitrogens with two attached hydrogens (primary N) is 1. The Hall–Kier alpha value is -3.63. The Kier molecular flexibility index (Phi) is 7.95. The maximum absolute atomic E-state index is 13.0. The van der Waals surface area contributed by atoms with Crippen molar-refractivity contribution in [3.8, 4) is 11.4 Å². The van der Waals surface area contributed by atoms with Gasteiger partial charge in [-0.25, -0.2) is 4.39 Å². The van der Waals surface area contributed by atoms with Crippen LogP contribution in [-0.4, -0.2) is 49.0 Å². The highest BCUT2D eigenvalue weighted by molar-refractivity contribution is 5.58. The van der Waals surface area contributed by atoms with E-state index in [1.54, 1.807) is 12.1 Å². The summed E-state index contributed by atoms with van der Waals surface area (Å²) < 4.78 is 14.5. The molecule has 4 aromatic rings. The van der Waals surface area contributed by atoms with Gasteiger partial charge >= 0.3 is 0 Å². The largest absolute Gasteiger partial charge is 0.400 e. The molecule has 2 heterocycles. The van der Waals surface area contributed by atoms with Gasteiger partial charge < -0.3 is 21.3 Å². The third-order valence-corrected chi connectivity index (χ3v) is 3.62. The van der Waals surface area contributed by atoms with E-state index in [2.05, 4.69) is 25.4 Å². The van der Waals surface area contributed by atoms with E-state index < -0.39 is 0 Å². The number of halogens is 1. The van der Waals surface area contributed by atoms with Crippen LogP contribution in [0.5, 0.6) is 0 Å². The van der Waals surface area contributed by atoms with Crippen LogP contribution in [0.25, 0.3) is 17.2 Å². The number of benzene rings is 2. The van der Waals surface area contributed by atoms with Crippen LogP contribution in [0, 0.1) is 5.82 Å². The molecule has 0 bridgehead atoms. The lowest BCUT2D eigenvalue weighted by molar-refractivity contribution is 0.399. The number of aliphatic hydroxyl groups excluding tert-OH is 2. The highest BCUT2D eigenvalue weighted by Gasteiger charge is 2.12. The minimum atomic E-state index is -0.277. The Morgan fingerprint density at radius 1 is 0.931 bits per heavy atom. The number of anilines is 2. The van der Waals surface area contributed by atoms with Crippen LogP contribution < -0.4 is 11.1 Å². The lowest BCUT2D eigenvalue weighted by Gasteiger charge is -2.07. The monoisotopic (exact) mass is 399 g/mol. The average Bonchev–Trinajstić information content (AvgIpc) is 3.21. The Balaban J connectivity index is 0.000000707. The van der Waals surface area contributed by atoms with Gasteiger partial charge in [0.05, 0.1) is 0 Å². The number of nitrogens with one attached hydrogen (secondary N) is 1. The fraction of sp³-hybridized carbons (Fsp3) is 0.158. The van der Waals surface area contributed by atoms with E-state index in [0.29, 0.717) is 24.1 Å². The maximum atomic E-state index is 13.0. The Morgan fingerprint density at radius 2 is 1.59 bits per heavy atom. The van der Waals surface area contributed by atoms with E-state index in [1.807, 2.05) is 30.3 Å². The van der Waals surface area contributed by atoms with Crippen molar-refractivity contribution in [3.63, 3.8) is 0 Å². The Labute approximate surface area is 166 Å². The summed E-state index contributed by atoms with van der Waals surface area (Å²) >= 11 is 0. The first-order chi connectivity index (χ1) is 14.2. The molecule has 0 unspecified atom stereocenters. The molecule has 0 radical (unpaired) electrons.